The van der Waals surface area contributed by atoms with Crippen molar-refractivity contribution in [3.63, 3.8) is 0 Å². The summed E-state index contributed by atoms with van der Waals surface area (Å²) in [5.74, 6) is 0.536. The predicted molar refractivity (Wildman–Crippen MR) is 81.8 cm³/mol. The van der Waals surface area contributed by atoms with E-state index in [2.05, 4.69) is 5.32 Å². The number of carbonyl (C=O) groups is 1. The third-order valence-corrected chi connectivity index (χ3v) is 4.03. The van der Waals surface area contributed by atoms with Crippen LogP contribution in [0.1, 0.15) is 6.42 Å². The minimum absolute atomic E-state index is 0.0568. The van der Waals surface area contributed by atoms with E-state index < -0.39 is 0 Å². The fourth-order valence-electron chi connectivity index (χ4n) is 2.63. The van der Waals surface area contributed by atoms with E-state index in [0.29, 0.717) is 18.0 Å². The number of halogens is 1. The topological polar surface area (TPSA) is 47.6 Å². The molecule has 1 saturated heterocycles. The molecule has 1 N–H and O–H groups in total. The average molecular weight is 306 g/mol. The Labute approximate surface area is 128 Å². The van der Waals surface area contributed by atoms with E-state index in [1.807, 2.05) is 36.4 Å². The average Bonchev–Trinajstić information content (AvgIpc) is 2.98. The van der Waals surface area contributed by atoms with E-state index in [0.717, 1.165) is 16.5 Å². The van der Waals surface area contributed by atoms with Crippen molar-refractivity contribution in [2.75, 3.05) is 13.7 Å². The van der Waals surface area contributed by atoms with Crippen LogP contribution in [0.25, 0.3) is 10.8 Å². The molecule has 1 aliphatic heterocycles. The molecule has 0 aromatic heterocycles. The van der Waals surface area contributed by atoms with Gasteiger partial charge in [-0.05, 0) is 12.1 Å². The van der Waals surface area contributed by atoms with Gasteiger partial charge in [-0.2, -0.15) is 0 Å². The normalized spacial score (nSPS) is 21.4. The molecule has 2 atom stereocenters. The van der Waals surface area contributed by atoms with Gasteiger partial charge in [0.15, 0.2) is 0 Å². The Morgan fingerprint density at radius 3 is 2.76 bits per heavy atom. The molecule has 2 aromatic carbocycles. The first-order chi connectivity index (χ1) is 10.2. The third kappa shape index (κ3) is 2.82. The summed E-state index contributed by atoms with van der Waals surface area (Å²) in [6.45, 7) is 0.622. The van der Waals surface area contributed by atoms with Gasteiger partial charge in [0, 0.05) is 28.8 Å². The highest BCUT2D eigenvalue weighted by Gasteiger charge is 2.31. The van der Waals surface area contributed by atoms with Gasteiger partial charge in [0.2, 0.25) is 0 Å². The maximum absolute atomic E-state index is 11.5. The number of benzene rings is 2. The van der Waals surface area contributed by atoms with Crippen LogP contribution in [0.2, 0.25) is 5.02 Å². The highest BCUT2D eigenvalue weighted by Crippen LogP contribution is 2.32. The molecule has 1 fully saturated rings. The number of nitrogens with one attached hydrogen (secondary N) is 1. The zero-order valence-corrected chi connectivity index (χ0v) is 12.4. The van der Waals surface area contributed by atoms with Crippen LogP contribution in [0, 0.1) is 0 Å². The van der Waals surface area contributed by atoms with E-state index in [-0.39, 0.29) is 18.1 Å². The largest absolute Gasteiger partial charge is 0.488 e. The van der Waals surface area contributed by atoms with Crippen molar-refractivity contribution in [2.24, 2.45) is 0 Å². The number of carbonyl (C=O) groups excluding carboxylic acids is 1. The van der Waals surface area contributed by atoms with E-state index >= 15 is 0 Å². The molecule has 0 saturated carbocycles. The standard InChI is InChI=1S/C16H16ClNO3/c1-20-16(19)14-8-10(9-18-14)21-15-7-6-13(17)11-4-2-3-5-12(11)15/h2-7,10,14,18H,8-9H2,1H3/t10-,14+/m1/s1. The lowest BCUT2D eigenvalue weighted by molar-refractivity contribution is -0.142. The molecule has 1 aliphatic rings. The van der Waals surface area contributed by atoms with Crippen LogP contribution in [-0.4, -0.2) is 31.8 Å². The van der Waals surface area contributed by atoms with Crippen LogP contribution < -0.4 is 10.1 Å². The van der Waals surface area contributed by atoms with Crippen molar-refractivity contribution in [3.8, 4) is 5.75 Å². The number of rotatable bonds is 3. The molecule has 2 aromatic rings. The summed E-state index contributed by atoms with van der Waals surface area (Å²) >= 11 is 6.20. The maximum atomic E-state index is 11.5. The van der Waals surface area contributed by atoms with Crippen molar-refractivity contribution in [2.45, 2.75) is 18.6 Å². The van der Waals surface area contributed by atoms with E-state index in [1.54, 1.807) is 0 Å². The summed E-state index contributed by atoms with van der Waals surface area (Å²) in [6, 6.07) is 11.3. The number of fused-ring (bicyclic) bond motifs is 1. The fourth-order valence-corrected chi connectivity index (χ4v) is 2.86. The molecule has 0 unspecified atom stereocenters. The monoisotopic (exact) mass is 305 g/mol. The van der Waals surface area contributed by atoms with Crippen LogP contribution in [0.15, 0.2) is 36.4 Å². The van der Waals surface area contributed by atoms with Crippen molar-refractivity contribution in [1.29, 1.82) is 0 Å². The van der Waals surface area contributed by atoms with E-state index in [4.69, 9.17) is 21.1 Å². The van der Waals surface area contributed by atoms with Crippen molar-refractivity contribution in [3.05, 3.63) is 41.4 Å². The molecule has 0 bridgehead atoms. The smallest absolute Gasteiger partial charge is 0.323 e. The van der Waals surface area contributed by atoms with Crippen molar-refractivity contribution < 1.29 is 14.3 Å². The molecular weight excluding hydrogens is 290 g/mol. The highest BCUT2D eigenvalue weighted by molar-refractivity contribution is 6.35. The van der Waals surface area contributed by atoms with Gasteiger partial charge in [0.1, 0.15) is 17.9 Å². The molecule has 3 rings (SSSR count). The summed E-state index contributed by atoms with van der Waals surface area (Å²) in [6.07, 6.45) is 0.544. The molecule has 0 amide bonds. The van der Waals surface area contributed by atoms with E-state index in [9.17, 15) is 4.79 Å². The predicted octanol–water partition coefficient (Wildman–Crippen LogP) is 2.78. The van der Waals surface area contributed by atoms with Gasteiger partial charge in [0.25, 0.3) is 0 Å². The zero-order valence-electron chi connectivity index (χ0n) is 11.6. The summed E-state index contributed by atoms with van der Waals surface area (Å²) in [5.41, 5.74) is 0. The van der Waals surface area contributed by atoms with Crippen LogP contribution in [0.4, 0.5) is 0 Å². The first kappa shape index (κ1) is 14.2. The Bertz CT molecular complexity index is 674. The highest BCUT2D eigenvalue weighted by atomic mass is 35.5. The summed E-state index contributed by atoms with van der Waals surface area (Å²) in [5, 5.41) is 5.76. The van der Waals surface area contributed by atoms with Crippen molar-refractivity contribution in [1.82, 2.24) is 5.32 Å². The molecule has 0 spiro atoms. The van der Waals surface area contributed by atoms with Gasteiger partial charge >= 0.3 is 5.97 Å². The minimum atomic E-state index is -0.293. The lowest BCUT2D eigenvalue weighted by Crippen LogP contribution is -2.31. The number of ether oxygens (including phenoxy) is 2. The second-order valence-electron chi connectivity index (χ2n) is 5.05. The summed E-state index contributed by atoms with van der Waals surface area (Å²) in [4.78, 5) is 11.5. The van der Waals surface area contributed by atoms with Gasteiger partial charge in [-0.1, -0.05) is 35.9 Å². The Morgan fingerprint density at radius 1 is 1.24 bits per heavy atom. The van der Waals surface area contributed by atoms with Gasteiger partial charge in [-0.25, -0.2) is 0 Å². The number of hydrogen-bond donors (Lipinski definition) is 1. The molecule has 0 aliphatic carbocycles. The fraction of sp³-hybridized carbons (Fsp3) is 0.312. The molecule has 21 heavy (non-hydrogen) atoms. The van der Waals surface area contributed by atoms with Crippen LogP contribution in [0.3, 0.4) is 0 Å². The zero-order chi connectivity index (χ0) is 14.8. The van der Waals surface area contributed by atoms with Crippen molar-refractivity contribution >= 4 is 28.3 Å². The third-order valence-electron chi connectivity index (χ3n) is 3.70. The first-order valence-electron chi connectivity index (χ1n) is 6.84. The summed E-state index contributed by atoms with van der Waals surface area (Å²) in [7, 11) is 1.39. The molecule has 5 heteroatoms. The Morgan fingerprint density at radius 2 is 2.00 bits per heavy atom. The van der Waals surface area contributed by atoms with Crippen LogP contribution >= 0.6 is 11.6 Å². The Hall–Kier alpha value is -1.78. The van der Waals surface area contributed by atoms with E-state index in [1.165, 1.54) is 7.11 Å². The Kier molecular flexibility index (Phi) is 3.99. The Balaban J connectivity index is 1.80. The van der Waals surface area contributed by atoms with Gasteiger partial charge in [-0.15, -0.1) is 0 Å². The summed E-state index contributed by atoms with van der Waals surface area (Å²) < 4.78 is 10.8. The number of hydrogen-bond acceptors (Lipinski definition) is 4. The molecule has 1 heterocycles. The lowest BCUT2D eigenvalue weighted by atomic mass is 10.1. The molecule has 110 valence electrons. The van der Waals surface area contributed by atoms with Crippen LogP contribution in [-0.2, 0) is 9.53 Å². The second-order valence-corrected chi connectivity index (χ2v) is 5.46. The minimum Gasteiger partial charge on any atom is -0.488 e. The molecule has 4 nitrogen and oxygen atoms in total. The quantitative estimate of drug-likeness (QED) is 0.886. The number of esters is 1. The van der Waals surface area contributed by atoms with Crippen LogP contribution in [0.5, 0.6) is 5.75 Å². The lowest BCUT2D eigenvalue weighted by Gasteiger charge is -2.15. The van der Waals surface area contributed by atoms with Gasteiger partial charge in [0.05, 0.1) is 7.11 Å². The molecular formula is C16H16ClNO3. The molecule has 0 radical (unpaired) electrons. The van der Waals surface area contributed by atoms with Gasteiger partial charge < -0.3 is 14.8 Å². The maximum Gasteiger partial charge on any atom is 0.323 e. The number of methoxy groups -OCH3 is 1. The second kappa shape index (κ2) is 5.92. The first-order valence-corrected chi connectivity index (χ1v) is 7.22. The SMILES string of the molecule is COC(=O)[C@@H]1C[C@@H](Oc2ccc(Cl)c3ccccc23)CN1. The van der Waals surface area contributed by atoms with Gasteiger partial charge in [-0.3, -0.25) is 4.79 Å².